The van der Waals surface area contributed by atoms with Crippen molar-refractivity contribution in [1.29, 1.82) is 0 Å². The zero-order valence-electron chi connectivity index (χ0n) is 13.7. The van der Waals surface area contributed by atoms with E-state index in [9.17, 15) is 10.2 Å². The summed E-state index contributed by atoms with van der Waals surface area (Å²) in [4.78, 5) is 0.593. The molecule has 0 spiro atoms. The molecule has 1 aromatic carbocycles. The molecule has 4 atom stereocenters. The third-order valence-corrected chi connectivity index (χ3v) is 6.68. The molecule has 0 amide bonds. The Hall–Kier alpha value is -0.0405. The van der Waals surface area contributed by atoms with Gasteiger partial charge in [0.25, 0.3) is 0 Å². The average Bonchev–Trinajstić information content (AvgIpc) is 2.63. The van der Waals surface area contributed by atoms with E-state index in [1.807, 2.05) is 18.2 Å². The quantitative estimate of drug-likeness (QED) is 0.362. The third kappa shape index (κ3) is 5.02. The van der Waals surface area contributed by atoms with Crippen LogP contribution in [0.5, 0.6) is 5.75 Å². The van der Waals surface area contributed by atoms with Gasteiger partial charge in [0, 0.05) is 15.4 Å². The molecule has 1 radical (unpaired) electrons. The van der Waals surface area contributed by atoms with Crippen LogP contribution >= 0.6 is 31.9 Å². The number of aliphatic hydroxyl groups is 1. The molecule has 0 aromatic heterocycles. The van der Waals surface area contributed by atoms with Crippen molar-refractivity contribution in [3.63, 3.8) is 0 Å². The van der Waals surface area contributed by atoms with Crippen LogP contribution in [-0.4, -0.2) is 40.3 Å². The summed E-state index contributed by atoms with van der Waals surface area (Å²) in [5, 5.41) is 27.8. The van der Waals surface area contributed by atoms with Crippen LogP contribution < -0.4 is 0 Å². The summed E-state index contributed by atoms with van der Waals surface area (Å²) < 4.78 is 0.968. The van der Waals surface area contributed by atoms with E-state index in [1.54, 1.807) is 6.07 Å². The predicted molar refractivity (Wildman–Crippen MR) is 105 cm³/mol. The first-order valence-electron chi connectivity index (χ1n) is 8.42. The van der Waals surface area contributed by atoms with Gasteiger partial charge < -0.3 is 20.8 Å². The number of aliphatic hydroxyl groups excluding tert-OH is 1. The number of phenolic OH excluding ortho intramolecular Hbond substituents is 1. The van der Waals surface area contributed by atoms with Crippen LogP contribution in [0.25, 0.3) is 16.7 Å². The minimum absolute atomic E-state index is 0. The Bertz CT molecular complexity index is 597. The normalized spacial score (nSPS) is 29.9. The summed E-state index contributed by atoms with van der Waals surface area (Å²) in [5.41, 5.74) is 1.65. The second kappa shape index (κ2) is 9.77. The molecule has 1 aromatic rings. The molecule has 141 valence electrons. The summed E-state index contributed by atoms with van der Waals surface area (Å²) in [7, 11) is 0. The molecule has 2 aliphatic heterocycles. The maximum atomic E-state index is 9.71. The standard InChI is InChI=1S/C9H15BrNO.C9H7BrNO.Cu/c2*10-7-3-4-8(12)9-6(7)2-1-5-11-9;/h6-9,12H,1-5H2;1-4,12H,5H2;/q2*-1;+2. The van der Waals surface area contributed by atoms with Crippen molar-refractivity contribution in [3.05, 3.63) is 38.9 Å². The van der Waals surface area contributed by atoms with Crippen LogP contribution in [0.15, 0.2) is 22.7 Å². The molecular weight excluding hydrogens is 500 g/mol. The van der Waals surface area contributed by atoms with Gasteiger partial charge in [-0.05, 0) is 36.5 Å². The SMILES string of the molecule is OC1CCC(Br)C2CCC[N-]C12.Oc1ccc(Br)c2c1[N-]CC=C2.[Cu+2]. The molecule has 4 unspecified atom stereocenters. The van der Waals surface area contributed by atoms with E-state index >= 15 is 0 Å². The van der Waals surface area contributed by atoms with Crippen molar-refractivity contribution in [2.45, 2.75) is 42.7 Å². The molecule has 0 bridgehead atoms. The predicted octanol–water partition coefficient (Wildman–Crippen LogP) is 5.24. The fourth-order valence-corrected chi connectivity index (χ4v) is 4.89. The molecule has 4 nitrogen and oxygen atoms in total. The summed E-state index contributed by atoms with van der Waals surface area (Å²) in [5.74, 6) is 0.847. The van der Waals surface area contributed by atoms with E-state index in [4.69, 9.17) is 0 Å². The number of phenols is 1. The first-order valence-corrected chi connectivity index (χ1v) is 10.1. The van der Waals surface area contributed by atoms with Crippen LogP contribution in [0.1, 0.15) is 31.2 Å². The largest absolute Gasteiger partial charge is 2.00 e. The minimum Gasteiger partial charge on any atom is -0.678 e. The fraction of sp³-hybridized carbons (Fsp3) is 0.556. The molecule has 7 heteroatoms. The Balaban J connectivity index is 0.000000173. The van der Waals surface area contributed by atoms with Gasteiger partial charge >= 0.3 is 17.1 Å². The number of rotatable bonds is 0. The van der Waals surface area contributed by atoms with E-state index in [1.165, 1.54) is 12.8 Å². The number of hydrogen-bond donors (Lipinski definition) is 2. The van der Waals surface area contributed by atoms with Crippen molar-refractivity contribution in [2.24, 2.45) is 5.92 Å². The van der Waals surface area contributed by atoms with Crippen LogP contribution in [0.2, 0.25) is 0 Å². The summed E-state index contributed by atoms with van der Waals surface area (Å²) in [6.07, 6.45) is 8.23. The van der Waals surface area contributed by atoms with E-state index in [-0.39, 0.29) is 35.0 Å². The van der Waals surface area contributed by atoms with E-state index in [0.29, 0.717) is 23.0 Å². The zero-order valence-corrected chi connectivity index (χ0v) is 17.8. The van der Waals surface area contributed by atoms with Gasteiger partial charge in [-0.2, -0.15) is 0 Å². The molecule has 2 fully saturated rings. The van der Waals surface area contributed by atoms with E-state index < -0.39 is 0 Å². The summed E-state index contributed by atoms with van der Waals surface area (Å²) >= 11 is 7.08. The van der Waals surface area contributed by atoms with Gasteiger partial charge in [-0.25, -0.2) is 0 Å². The molecule has 3 aliphatic rings. The number of aromatic hydroxyl groups is 1. The van der Waals surface area contributed by atoms with Crippen molar-refractivity contribution < 1.29 is 27.3 Å². The van der Waals surface area contributed by atoms with Gasteiger partial charge in [0.05, 0.1) is 0 Å². The second-order valence-corrected chi connectivity index (χ2v) is 8.47. The number of fused-ring (bicyclic) bond motifs is 2. The van der Waals surface area contributed by atoms with Crippen molar-refractivity contribution in [2.75, 3.05) is 13.1 Å². The molecule has 2 heterocycles. The van der Waals surface area contributed by atoms with Crippen LogP contribution in [0.4, 0.5) is 5.69 Å². The molecule has 25 heavy (non-hydrogen) atoms. The maximum absolute atomic E-state index is 9.71. The summed E-state index contributed by atoms with van der Waals surface area (Å²) in [6, 6.07) is 3.70. The van der Waals surface area contributed by atoms with Gasteiger partial charge in [0.2, 0.25) is 0 Å². The molecule has 1 saturated carbocycles. The summed E-state index contributed by atoms with van der Waals surface area (Å²) in [6.45, 7) is 1.61. The van der Waals surface area contributed by atoms with Gasteiger partial charge in [0.15, 0.2) is 0 Å². The Labute approximate surface area is 176 Å². The van der Waals surface area contributed by atoms with Crippen molar-refractivity contribution in [1.82, 2.24) is 0 Å². The molecular formula is C18H22Br2CuN2O2. The molecule has 1 aliphatic carbocycles. The smallest absolute Gasteiger partial charge is 0.678 e. The van der Waals surface area contributed by atoms with Gasteiger partial charge in [-0.15, -0.1) is 25.2 Å². The number of halogens is 2. The molecule has 2 N–H and O–H groups in total. The first kappa shape index (κ1) is 21.3. The first-order chi connectivity index (χ1) is 11.6. The number of hydrogen-bond acceptors (Lipinski definition) is 2. The third-order valence-electron chi connectivity index (χ3n) is 4.85. The topological polar surface area (TPSA) is 68.7 Å². The van der Waals surface area contributed by atoms with Gasteiger partial charge in [0.1, 0.15) is 5.75 Å². The second-order valence-electron chi connectivity index (χ2n) is 6.44. The molecule has 4 rings (SSSR count). The Morgan fingerprint density at radius 1 is 1.16 bits per heavy atom. The van der Waals surface area contributed by atoms with Crippen LogP contribution in [-0.2, 0) is 17.1 Å². The van der Waals surface area contributed by atoms with Gasteiger partial charge in [-0.1, -0.05) is 56.5 Å². The van der Waals surface area contributed by atoms with Crippen molar-refractivity contribution >= 4 is 43.6 Å². The average molecular weight is 522 g/mol. The zero-order chi connectivity index (χ0) is 17.1. The monoisotopic (exact) mass is 519 g/mol. The van der Waals surface area contributed by atoms with E-state index in [2.05, 4.69) is 42.5 Å². The molecule has 1 saturated heterocycles. The van der Waals surface area contributed by atoms with Gasteiger partial charge in [-0.3, -0.25) is 0 Å². The Kier molecular flexibility index (Phi) is 8.31. The van der Waals surface area contributed by atoms with Crippen LogP contribution in [0.3, 0.4) is 0 Å². The van der Waals surface area contributed by atoms with Crippen LogP contribution in [0, 0.1) is 5.92 Å². The maximum Gasteiger partial charge on any atom is 2.00 e. The minimum atomic E-state index is -0.163. The number of benzene rings is 1. The fourth-order valence-electron chi connectivity index (χ4n) is 3.60. The van der Waals surface area contributed by atoms with E-state index in [0.717, 1.165) is 29.4 Å². The Morgan fingerprint density at radius 3 is 2.68 bits per heavy atom. The van der Waals surface area contributed by atoms with Crippen molar-refractivity contribution in [3.8, 4) is 5.75 Å². The number of piperidine rings is 1. The number of alkyl halides is 1. The number of nitrogens with zero attached hydrogens (tertiary/aromatic N) is 2. The Morgan fingerprint density at radius 2 is 1.96 bits per heavy atom.